The molecule has 102 valence electrons. The Morgan fingerprint density at radius 3 is 2.53 bits per heavy atom. The Balaban J connectivity index is 1.84. The molecule has 2 saturated carbocycles. The Hall–Kier alpha value is -1.02. The van der Waals surface area contributed by atoms with E-state index in [0.29, 0.717) is 17.9 Å². The molecule has 0 N–H and O–H groups in total. The summed E-state index contributed by atoms with van der Waals surface area (Å²) in [5.74, 6) is 1.15. The van der Waals surface area contributed by atoms with Crippen LogP contribution in [0.4, 0.5) is 0 Å². The predicted octanol–water partition coefficient (Wildman–Crippen LogP) is 4.05. The van der Waals surface area contributed by atoms with Crippen LogP contribution in [0.1, 0.15) is 44.7 Å². The minimum atomic E-state index is 0.0847. The zero-order valence-corrected chi connectivity index (χ0v) is 12.2. The van der Waals surface area contributed by atoms with Crippen molar-refractivity contribution in [1.29, 1.82) is 0 Å². The lowest BCUT2D eigenvalue weighted by Gasteiger charge is -2.30. The fraction of sp³-hybridized carbons (Fsp3) is 0.562. The van der Waals surface area contributed by atoms with Gasteiger partial charge < -0.3 is 4.90 Å². The van der Waals surface area contributed by atoms with E-state index in [1.54, 1.807) is 0 Å². The molecule has 0 aromatic heterocycles. The average molecular weight is 278 g/mol. The Bertz CT molecular complexity index is 497. The van der Waals surface area contributed by atoms with Gasteiger partial charge in [0.05, 0.1) is 6.04 Å². The highest BCUT2D eigenvalue weighted by atomic mass is 35.5. The summed E-state index contributed by atoms with van der Waals surface area (Å²) in [5.41, 5.74) is 1.07. The van der Waals surface area contributed by atoms with Crippen molar-refractivity contribution in [1.82, 2.24) is 4.90 Å². The first-order valence-electron chi connectivity index (χ1n) is 7.16. The lowest BCUT2D eigenvalue weighted by Crippen LogP contribution is -2.37. The number of carbonyl (C=O) groups excluding carboxylic acids is 1. The van der Waals surface area contributed by atoms with E-state index >= 15 is 0 Å². The van der Waals surface area contributed by atoms with Crippen LogP contribution in [0.3, 0.4) is 0 Å². The Kier molecular flexibility index (Phi) is 3.30. The molecular weight excluding hydrogens is 258 g/mol. The molecule has 2 aliphatic rings. The molecule has 0 radical (unpaired) electrons. The van der Waals surface area contributed by atoms with Crippen molar-refractivity contribution in [2.24, 2.45) is 11.8 Å². The summed E-state index contributed by atoms with van der Waals surface area (Å²) in [6.07, 6.45) is 3.33. The number of rotatable bonds is 4. The maximum Gasteiger partial charge on any atom is 0.226 e. The van der Waals surface area contributed by atoms with Crippen molar-refractivity contribution in [3.63, 3.8) is 0 Å². The minimum Gasteiger partial charge on any atom is -0.333 e. The first-order chi connectivity index (χ1) is 9.09. The van der Waals surface area contributed by atoms with E-state index in [4.69, 9.17) is 11.6 Å². The van der Waals surface area contributed by atoms with Gasteiger partial charge in [0.25, 0.3) is 0 Å². The normalized spacial score (nSPS) is 26.9. The molecule has 3 heteroatoms. The smallest absolute Gasteiger partial charge is 0.226 e. The van der Waals surface area contributed by atoms with Crippen LogP contribution in [0.25, 0.3) is 0 Å². The van der Waals surface area contributed by atoms with E-state index in [1.807, 2.05) is 24.3 Å². The summed E-state index contributed by atoms with van der Waals surface area (Å²) < 4.78 is 0. The Morgan fingerprint density at radius 1 is 1.37 bits per heavy atom. The quantitative estimate of drug-likeness (QED) is 0.813. The zero-order valence-electron chi connectivity index (χ0n) is 11.5. The average Bonchev–Trinajstić information content (AvgIpc) is 3.27. The molecule has 0 saturated heterocycles. The van der Waals surface area contributed by atoms with Gasteiger partial charge in [-0.05, 0) is 43.7 Å². The fourth-order valence-corrected chi connectivity index (χ4v) is 3.15. The van der Waals surface area contributed by atoms with Crippen LogP contribution in [0.2, 0.25) is 5.02 Å². The van der Waals surface area contributed by atoms with Crippen LogP contribution in [-0.2, 0) is 4.79 Å². The third kappa shape index (κ3) is 2.51. The van der Waals surface area contributed by atoms with Gasteiger partial charge in [0.15, 0.2) is 0 Å². The minimum absolute atomic E-state index is 0.0847. The number of hydrogen-bond acceptors (Lipinski definition) is 1. The number of halogens is 1. The van der Waals surface area contributed by atoms with E-state index in [2.05, 4.69) is 18.7 Å². The molecule has 2 aliphatic carbocycles. The second-order valence-corrected chi connectivity index (χ2v) is 6.40. The van der Waals surface area contributed by atoms with Gasteiger partial charge in [-0.2, -0.15) is 0 Å². The predicted molar refractivity (Wildman–Crippen MR) is 77.0 cm³/mol. The topological polar surface area (TPSA) is 20.3 Å². The highest BCUT2D eigenvalue weighted by Gasteiger charge is 2.46. The molecule has 19 heavy (non-hydrogen) atoms. The van der Waals surface area contributed by atoms with Crippen LogP contribution in [0.15, 0.2) is 24.3 Å². The third-order valence-corrected chi connectivity index (χ3v) is 4.74. The van der Waals surface area contributed by atoms with Gasteiger partial charge in [-0.3, -0.25) is 4.79 Å². The Morgan fingerprint density at radius 2 is 2.00 bits per heavy atom. The maximum atomic E-state index is 12.6. The molecule has 2 nitrogen and oxygen atoms in total. The fourth-order valence-electron chi connectivity index (χ4n) is 2.86. The summed E-state index contributed by atoms with van der Waals surface area (Å²) in [6, 6.07) is 8.39. The standard InChI is InChI=1S/C16H20ClNO/c1-10-9-14(10)16(19)18(12-7-8-12)11(2)13-5-3-4-6-15(13)17/h3-6,10-12,14H,7-9H2,1-2H3. The van der Waals surface area contributed by atoms with Gasteiger partial charge >= 0.3 is 0 Å². The van der Waals surface area contributed by atoms with Crippen molar-refractivity contribution >= 4 is 17.5 Å². The van der Waals surface area contributed by atoms with Gasteiger partial charge in [0.2, 0.25) is 5.91 Å². The van der Waals surface area contributed by atoms with Crippen LogP contribution in [0, 0.1) is 11.8 Å². The monoisotopic (exact) mass is 277 g/mol. The highest BCUT2D eigenvalue weighted by Crippen LogP contribution is 2.44. The molecule has 3 rings (SSSR count). The summed E-state index contributed by atoms with van der Waals surface area (Å²) in [6.45, 7) is 4.26. The number of nitrogens with zero attached hydrogens (tertiary/aromatic N) is 1. The van der Waals surface area contributed by atoms with E-state index in [1.165, 1.54) is 0 Å². The molecular formula is C16H20ClNO. The van der Waals surface area contributed by atoms with Gasteiger partial charge in [-0.25, -0.2) is 0 Å². The van der Waals surface area contributed by atoms with Crippen LogP contribution in [0.5, 0.6) is 0 Å². The van der Waals surface area contributed by atoms with Crippen LogP contribution < -0.4 is 0 Å². The molecule has 0 spiro atoms. The van der Waals surface area contributed by atoms with Crippen molar-refractivity contribution in [2.75, 3.05) is 0 Å². The van der Waals surface area contributed by atoms with E-state index in [0.717, 1.165) is 29.8 Å². The molecule has 2 fully saturated rings. The number of benzene rings is 1. The lowest BCUT2D eigenvalue weighted by molar-refractivity contribution is -0.135. The van der Waals surface area contributed by atoms with Gasteiger partial charge in [0.1, 0.15) is 0 Å². The number of amides is 1. The highest BCUT2D eigenvalue weighted by molar-refractivity contribution is 6.31. The number of carbonyl (C=O) groups is 1. The van der Waals surface area contributed by atoms with Gasteiger partial charge in [-0.15, -0.1) is 0 Å². The largest absolute Gasteiger partial charge is 0.333 e. The summed E-state index contributed by atoms with van der Waals surface area (Å²) in [5, 5.41) is 0.761. The van der Waals surface area contributed by atoms with E-state index < -0.39 is 0 Å². The first kappa shape index (κ1) is 13.0. The van der Waals surface area contributed by atoms with Crippen LogP contribution >= 0.6 is 11.6 Å². The third-order valence-electron chi connectivity index (χ3n) is 4.39. The van der Waals surface area contributed by atoms with E-state index in [-0.39, 0.29) is 12.0 Å². The van der Waals surface area contributed by atoms with Crippen molar-refractivity contribution in [3.05, 3.63) is 34.9 Å². The molecule has 1 amide bonds. The molecule has 0 bridgehead atoms. The molecule has 3 unspecified atom stereocenters. The van der Waals surface area contributed by atoms with E-state index in [9.17, 15) is 4.79 Å². The molecule has 0 aliphatic heterocycles. The summed E-state index contributed by atoms with van der Waals surface area (Å²) in [7, 11) is 0. The molecule has 1 aromatic carbocycles. The maximum absolute atomic E-state index is 12.6. The molecule has 0 heterocycles. The Labute approximate surface area is 119 Å². The van der Waals surface area contributed by atoms with Gasteiger partial charge in [-0.1, -0.05) is 36.7 Å². The number of hydrogen-bond donors (Lipinski definition) is 0. The van der Waals surface area contributed by atoms with Crippen molar-refractivity contribution in [3.8, 4) is 0 Å². The van der Waals surface area contributed by atoms with Crippen molar-refractivity contribution < 1.29 is 4.79 Å². The lowest BCUT2D eigenvalue weighted by atomic mass is 10.1. The SMILES string of the molecule is CC1CC1C(=O)N(C1CC1)C(C)c1ccccc1Cl. The molecule has 1 aromatic rings. The second kappa shape index (κ2) is 4.82. The zero-order chi connectivity index (χ0) is 13.6. The van der Waals surface area contributed by atoms with Crippen molar-refractivity contribution in [2.45, 2.75) is 45.2 Å². The molecule has 3 atom stereocenters. The summed E-state index contributed by atoms with van der Waals surface area (Å²) >= 11 is 6.28. The summed E-state index contributed by atoms with van der Waals surface area (Å²) in [4.78, 5) is 14.7. The second-order valence-electron chi connectivity index (χ2n) is 5.99. The van der Waals surface area contributed by atoms with Gasteiger partial charge in [0, 0.05) is 17.0 Å². The first-order valence-corrected chi connectivity index (χ1v) is 7.54. The van der Waals surface area contributed by atoms with Crippen LogP contribution in [-0.4, -0.2) is 16.8 Å².